The van der Waals surface area contributed by atoms with Gasteiger partial charge in [0.1, 0.15) is 27.7 Å². The van der Waals surface area contributed by atoms with Crippen LogP contribution in [0.5, 0.6) is 5.75 Å². The van der Waals surface area contributed by atoms with Gasteiger partial charge in [-0.1, -0.05) is 35.5 Å². The van der Waals surface area contributed by atoms with Crippen LogP contribution in [-0.4, -0.2) is 44.5 Å². The Hall–Kier alpha value is -3.17. The monoisotopic (exact) mass is 429 g/mol. The van der Waals surface area contributed by atoms with Crippen molar-refractivity contribution in [1.82, 2.24) is 9.46 Å². The molecule has 1 amide bonds. The van der Waals surface area contributed by atoms with Crippen LogP contribution in [0.3, 0.4) is 0 Å². The normalized spacial score (nSPS) is 11.5. The highest BCUT2D eigenvalue weighted by atomic mass is 32.2. The van der Waals surface area contributed by atoms with E-state index in [9.17, 15) is 13.2 Å². The number of aryl methyl sites for hydroxylation is 1. The molecule has 0 saturated heterocycles. The minimum atomic E-state index is -3.77. The summed E-state index contributed by atoms with van der Waals surface area (Å²) in [6.07, 6.45) is 0. The molecule has 1 heterocycles. The van der Waals surface area contributed by atoms with E-state index in [1.54, 1.807) is 19.9 Å². The van der Waals surface area contributed by atoms with Crippen LogP contribution in [0.4, 0.5) is 5.69 Å². The Morgan fingerprint density at radius 1 is 1.17 bits per heavy atom. The Kier molecular flexibility index (Phi) is 6.23. The lowest BCUT2D eigenvalue weighted by molar-refractivity contribution is 0.102. The Bertz CT molecular complexity index is 1150. The van der Waals surface area contributed by atoms with Gasteiger partial charge in [-0.25, -0.2) is 12.7 Å². The topological polar surface area (TPSA) is 102 Å². The summed E-state index contributed by atoms with van der Waals surface area (Å²) < 4.78 is 37.2. The number of sulfonamides is 1. The van der Waals surface area contributed by atoms with Crippen molar-refractivity contribution in [2.24, 2.45) is 0 Å². The summed E-state index contributed by atoms with van der Waals surface area (Å²) in [5, 5.41) is 6.75. The van der Waals surface area contributed by atoms with Gasteiger partial charge in [0.2, 0.25) is 10.0 Å². The zero-order chi connectivity index (χ0) is 21.9. The number of hydrogen-bond donors (Lipinski definition) is 1. The van der Waals surface area contributed by atoms with E-state index in [1.807, 2.05) is 30.3 Å². The first-order valence-corrected chi connectivity index (χ1v) is 10.7. The molecule has 9 heteroatoms. The number of nitrogens with one attached hydrogen (secondary N) is 1. The number of hydrogen-bond acceptors (Lipinski definition) is 6. The molecule has 1 N–H and O–H groups in total. The van der Waals surface area contributed by atoms with Crippen LogP contribution in [0.2, 0.25) is 0 Å². The molecule has 0 aliphatic rings. The van der Waals surface area contributed by atoms with Crippen LogP contribution in [-0.2, 0) is 10.0 Å². The van der Waals surface area contributed by atoms with Crippen LogP contribution in [0.15, 0.2) is 57.9 Å². The highest BCUT2D eigenvalue weighted by molar-refractivity contribution is 7.89. The Balaban J connectivity index is 1.98. The highest BCUT2D eigenvalue weighted by Crippen LogP contribution is 2.30. The third-order valence-electron chi connectivity index (χ3n) is 4.40. The van der Waals surface area contributed by atoms with Crippen LogP contribution in [0.1, 0.15) is 23.0 Å². The van der Waals surface area contributed by atoms with Crippen molar-refractivity contribution in [3.05, 3.63) is 59.9 Å². The van der Waals surface area contributed by atoms with Gasteiger partial charge in [-0.15, -0.1) is 0 Å². The number of benzene rings is 2. The predicted molar refractivity (Wildman–Crippen MR) is 113 cm³/mol. The minimum Gasteiger partial charge on any atom is -0.492 e. The lowest BCUT2D eigenvalue weighted by Gasteiger charge is -2.16. The first-order valence-electron chi connectivity index (χ1n) is 9.28. The predicted octanol–water partition coefficient (Wildman–Crippen LogP) is 3.55. The van der Waals surface area contributed by atoms with Crippen molar-refractivity contribution in [2.45, 2.75) is 18.7 Å². The van der Waals surface area contributed by atoms with Crippen molar-refractivity contribution >= 4 is 21.6 Å². The number of amides is 1. The van der Waals surface area contributed by atoms with Crippen molar-refractivity contribution in [3.63, 3.8) is 0 Å². The lowest BCUT2D eigenvalue weighted by atomic mass is 10.1. The summed E-state index contributed by atoms with van der Waals surface area (Å²) >= 11 is 0. The van der Waals surface area contributed by atoms with Crippen LogP contribution >= 0.6 is 0 Å². The SMILES string of the molecule is CCOc1ccc(NC(=O)c2c(-c3ccccc3)noc2C)cc1S(=O)(=O)N(C)C. The van der Waals surface area contributed by atoms with Crippen LogP contribution < -0.4 is 10.1 Å². The van der Waals surface area contributed by atoms with Crippen LogP contribution in [0.25, 0.3) is 11.3 Å². The number of nitrogens with zero attached hydrogens (tertiary/aromatic N) is 2. The quantitative estimate of drug-likeness (QED) is 0.616. The second-order valence-corrected chi connectivity index (χ2v) is 8.78. The first-order chi connectivity index (χ1) is 14.3. The fraction of sp³-hybridized carbons (Fsp3) is 0.238. The summed E-state index contributed by atoms with van der Waals surface area (Å²) in [6, 6.07) is 13.7. The molecule has 0 atom stereocenters. The average Bonchev–Trinajstić information content (AvgIpc) is 3.11. The van der Waals surface area contributed by atoms with Gasteiger partial charge in [0.15, 0.2) is 0 Å². The molecule has 158 valence electrons. The van der Waals surface area contributed by atoms with Crippen LogP contribution in [0, 0.1) is 6.92 Å². The van der Waals surface area contributed by atoms with E-state index in [0.29, 0.717) is 23.7 Å². The maximum absolute atomic E-state index is 13.0. The van der Waals surface area contributed by atoms with Crippen molar-refractivity contribution < 1.29 is 22.5 Å². The van der Waals surface area contributed by atoms with E-state index in [0.717, 1.165) is 9.87 Å². The number of carbonyl (C=O) groups excluding carboxylic acids is 1. The van der Waals surface area contributed by atoms with E-state index in [4.69, 9.17) is 9.26 Å². The Morgan fingerprint density at radius 2 is 1.87 bits per heavy atom. The smallest absolute Gasteiger partial charge is 0.261 e. The average molecular weight is 429 g/mol. The van der Waals surface area contributed by atoms with Gasteiger partial charge in [0.05, 0.1) is 6.61 Å². The maximum Gasteiger partial charge on any atom is 0.261 e. The van der Waals surface area contributed by atoms with Gasteiger partial charge in [0, 0.05) is 25.3 Å². The molecule has 0 saturated carbocycles. The third-order valence-corrected chi connectivity index (χ3v) is 6.23. The lowest BCUT2D eigenvalue weighted by Crippen LogP contribution is -2.23. The summed E-state index contributed by atoms with van der Waals surface area (Å²) in [5.41, 5.74) is 1.75. The molecular weight excluding hydrogens is 406 g/mol. The molecular formula is C21H23N3O5S. The summed E-state index contributed by atoms with van der Waals surface area (Å²) in [4.78, 5) is 13.0. The van der Waals surface area contributed by atoms with E-state index in [1.165, 1.54) is 26.2 Å². The summed E-state index contributed by atoms with van der Waals surface area (Å²) in [6.45, 7) is 3.72. The molecule has 3 rings (SSSR count). The van der Waals surface area contributed by atoms with Gasteiger partial charge in [0.25, 0.3) is 5.91 Å². The largest absolute Gasteiger partial charge is 0.492 e. The number of anilines is 1. The summed E-state index contributed by atoms with van der Waals surface area (Å²) in [7, 11) is -0.908. The molecule has 0 spiro atoms. The van der Waals surface area contributed by atoms with Gasteiger partial charge in [-0.2, -0.15) is 0 Å². The molecule has 0 aliphatic carbocycles. The van der Waals surface area contributed by atoms with Crippen molar-refractivity contribution in [2.75, 3.05) is 26.0 Å². The summed E-state index contributed by atoms with van der Waals surface area (Å²) in [5.74, 6) is 0.124. The Labute approximate surface area is 175 Å². The van der Waals surface area contributed by atoms with Gasteiger partial charge < -0.3 is 14.6 Å². The molecule has 0 fully saturated rings. The zero-order valence-electron chi connectivity index (χ0n) is 17.2. The molecule has 0 unspecified atom stereocenters. The number of carbonyl (C=O) groups is 1. The van der Waals surface area contributed by atoms with E-state index in [-0.39, 0.29) is 16.2 Å². The standard InChI is InChI=1S/C21H23N3O5S/c1-5-28-17-12-11-16(13-18(17)30(26,27)24(3)4)22-21(25)19-14(2)29-23-20(19)15-9-7-6-8-10-15/h6-13H,5H2,1-4H3,(H,22,25). The first kappa shape index (κ1) is 21.5. The van der Waals surface area contributed by atoms with E-state index < -0.39 is 15.9 Å². The van der Waals surface area contributed by atoms with Gasteiger partial charge >= 0.3 is 0 Å². The molecule has 1 aromatic heterocycles. The zero-order valence-corrected chi connectivity index (χ0v) is 18.0. The van der Waals surface area contributed by atoms with Crippen molar-refractivity contribution in [1.29, 1.82) is 0 Å². The second kappa shape index (κ2) is 8.68. The molecule has 0 radical (unpaired) electrons. The fourth-order valence-corrected chi connectivity index (χ4v) is 3.94. The van der Waals surface area contributed by atoms with Gasteiger partial charge in [-0.3, -0.25) is 4.79 Å². The molecule has 2 aromatic carbocycles. The number of aromatic nitrogens is 1. The number of ether oxygens (including phenoxy) is 1. The second-order valence-electron chi connectivity index (χ2n) is 6.66. The highest BCUT2D eigenvalue weighted by Gasteiger charge is 2.25. The molecule has 0 bridgehead atoms. The number of rotatable bonds is 7. The third kappa shape index (κ3) is 4.22. The molecule has 3 aromatic rings. The molecule has 0 aliphatic heterocycles. The van der Waals surface area contributed by atoms with E-state index in [2.05, 4.69) is 10.5 Å². The molecule has 30 heavy (non-hydrogen) atoms. The molecule has 8 nitrogen and oxygen atoms in total. The minimum absolute atomic E-state index is 0.0301. The van der Waals surface area contributed by atoms with Crippen molar-refractivity contribution in [3.8, 4) is 17.0 Å². The van der Waals surface area contributed by atoms with E-state index >= 15 is 0 Å². The van der Waals surface area contributed by atoms with Gasteiger partial charge in [-0.05, 0) is 32.0 Å². The fourth-order valence-electron chi connectivity index (χ4n) is 2.89. The Morgan fingerprint density at radius 3 is 2.50 bits per heavy atom. The maximum atomic E-state index is 13.0.